The molecule has 0 aliphatic heterocycles. The summed E-state index contributed by atoms with van der Waals surface area (Å²) in [5.74, 6) is 2.41. The summed E-state index contributed by atoms with van der Waals surface area (Å²) in [6.07, 6.45) is 6.78. The van der Waals surface area contributed by atoms with Crippen LogP contribution in [0.5, 0.6) is 0 Å². The summed E-state index contributed by atoms with van der Waals surface area (Å²) in [7, 11) is 2.00. The van der Waals surface area contributed by atoms with E-state index in [2.05, 4.69) is 33.8 Å². The topological polar surface area (TPSA) is 48.5 Å². The van der Waals surface area contributed by atoms with E-state index in [1.807, 2.05) is 37.1 Å². The zero-order valence-corrected chi connectivity index (χ0v) is 14.3. The molecule has 0 radical (unpaired) electrons. The SMILES string of the molecule is Cc1nc(-c2nccn2CCc2csc(C(C)C)n2)cn1C. The third-order valence-electron chi connectivity index (χ3n) is 3.73. The molecule has 5 nitrogen and oxygen atoms in total. The van der Waals surface area contributed by atoms with Gasteiger partial charge in [0, 0.05) is 49.9 Å². The average Bonchev–Trinajstić information content (AvgIpc) is 3.17. The van der Waals surface area contributed by atoms with Crippen molar-refractivity contribution in [2.45, 2.75) is 39.7 Å². The first kappa shape index (κ1) is 15.0. The molecule has 0 spiro atoms. The number of rotatable bonds is 5. The number of hydrogen-bond donors (Lipinski definition) is 0. The highest BCUT2D eigenvalue weighted by molar-refractivity contribution is 7.09. The van der Waals surface area contributed by atoms with Crippen LogP contribution < -0.4 is 0 Å². The minimum absolute atomic E-state index is 0.499. The van der Waals surface area contributed by atoms with Gasteiger partial charge in [-0.3, -0.25) is 0 Å². The zero-order valence-electron chi connectivity index (χ0n) is 13.4. The molecule has 0 aliphatic rings. The second-order valence-corrected chi connectivity index (χ2v) is 6.70. The third-order valence-corrected chi connectivity index (χ3v) is 4.92. The third kappa shape index (κ3) is 2.97. The molecule has 3 aromatic heterocycles. The summed E-state index contributed by atoms with van der Waals surface area (Å²) in [5, 5.41) is 3.37. The van der Waals surface area contributed by atoms with E-state index < -0.39 is 0 Å². The van der Waals surface area contributed by atoms with Crippen LogP contribution in [0.1, 0.15) is 36.3 Å². The van der Waals surface area contributed by atoms with Crippen LogP contribution in [0.4, 0.5) is 0 Å². The Morgan fingerprint density at radius 2 is 2.09 bits per heavy atom. The summed E-state index contributed by atoms with van der Waals surface area (Å²) in [6, 6.07) is 0. The van der Waals surface area contributed by atoms with Crippen LogP contribution in [-0.2, 0) is 20.0 Å². The van der Waals surface area contributed by atoms with E-state index in [0.29, 0.717) is 5.92 Å². The van der Waals surface area contributed by atoms with Crippen molar-refractivity contribution in [3.05, 3.63) is 40.5 Å². The molecule has 0 fully saturated rings. The molecule has 0 saturated carbocycles. The van der Waals surface area contributed by atoms with Gasteiger partial charge in [-0.2, -0.15) is 0 Å². The Morgan fingerprint density at radius 3 is 2.73 bits per heavy atom. The Hall–Kier alpha value is -1.95. The van der Waals surface area contributed by atoms with Crippen LogP contribution in [0.3, 0.4) is 0 Å². The van der Waals surface area contributed by atoms with Gasteiger partial charge in [0.2, 0.25) is 0 Å². The lowest BCUT2D eigenvalue weighted by atomic mass is 10.2. The molecule has 0 atom stereocenters. The number of imidazole rings is 2. The first-order valence-corrected chi connectivity index (χ1v) is 8.38. The molecule has 3 rings (SSSR count). The number of aromatic nitrogens is 5. The molecule has 0 amide bonds. The smallest absolute Gasteiger partial charge is 0.160 e. The van der Waals surface area contributed by atoms with Crippen LogP contribution in [0.2, 0.25) is 0 Å². The molecule has 0 N–H and O–H groups in total. The summed E-state index contributed by atoms with van der Waals surface area (Å²) in [6.45, 7) is 7.23. The predicted molar refractivity (Wildman–Crippen MR) is 89.1 cm³/mol. The Kier molecular flexibility index (Phi) is 4.11. The van der Waals surface area contributed by atoms with Gasteiger partial charge in [0.05, 0.1) is 10.7 Å². The maximum atomic E-state index is 4.69. The maximum absolute atomic E-state index is 4.69. The number of hydrogen-bond acceptors (Lipinski definition) is 4. The predicted octanol–water partition coefficient (Wildman–Crippen LogP) is 3.41. The minimum atomic E-state index is 0.499. The van der Waals surface area contributed by atoms with Crippen molar-refractivity contribution in [1.29, 1.82) is 0 Å². The first-order valence-electron chi connectivity index (χ1n) is 7.50. The molecule has 3 heterocycles. The van der Waals surface area contributed by atoms with Gasteiger partial charge < -0.3 is 9.13 Å². The van der Waals surface area contributed by atoms with Gasteiger partial charge in [0.15, 0.2) is 5.82 Å². The van der Waals surface area contributed by atoms with Crippen LogP contribution in [-0.4, -0.2) is 24.1 Å². The van der Waals surface area contributed by atoms with Gasteiger partial charge in [0.25, 0.3) is 0 Å². The van der Waals surface area contributed by atoms with E-state index in [4.69, 9.17) is 4.98 Å². The van der Waals surface area contributed by atoms with Gasteiger partial charge in [-0.1, -0.05) is 13.8 Å². The van der Waals surface area contributed by atoms with E-state index in [-0.39, 0.29) is 0 Å². The maximum Gasteiger partial charge on any atom is 0.160 e. The summed E-state index contributed by atoms with van der Waals surface area (Å²) < 4.78 is 4.17. The van der Waals surface area contributed by atoms with E-state index in [1.54, 1.807) is 11.3 Å². The Labute approximate surface area is 134 Å². The highest BCUT2D eigenvalue weighted by atomic mass is 32.1. The van der Waals surface area contributed by atoms with Crippen molar-refractivity contribution in [3.63, 3.8) is 0 Å². The van der Waals surface area contributed by atoms with Crippen molar-refractivity contribution < 1.29 is 0 Å². The van der Waals surface area contributed by atoms with Gasteiger partial charge in [0.1, 0.15) is 11.5 Å². The van der Waals surface area contributed by atoms with Crippen molar-refractivity contribution >= 4 is 11.3 Å². The number of nitrogens with zero attached hydrogens (tertiary/aromatic N) is 5. The van der Waals surface area contributed by atoms with Crippen LogP contribution in [0, 0.1) is 6.92 Å². The molecule has 116 valence electrons. The van der Waals surface area contributed by atoms with Crippen molar-refractivity contribution in [1.82, 2.24) is 24.1 Å². The Bertz CT molecular complexity index is 746. The molecular formula is C16H21N5S. The number of aryl methyl sites for hydroxylation is 4. The average molecular weight is 315 g/mol. The quantitative estimate of drug-likeness (QED) is 0.725. The Morgan fingerprint density at radius 1 is 1.27 bits per heavy atom. The fraction of sp³-hybridized carbons (Fsp3) is 0.438. The van der Waals surface area contributed by atoms with Crippen LogP contribution >= 0.6 is 11.3 Å². The van der Waals surface area contributed by atoms with Gasteiger partial charge >= 0.3 is 0 Å². The fourth-order valence-corrected chi connectivity index (χ4v) is 3.20. The van der Waals surface area contributed by atoms with Gasteiger partial charge in [-0.25, -0.2) is 15.0 Å². The summed E-state index contributed by atoms with van der Waals surface area (Å²) in [5.41, 5.74) is 2.08. The first-order chi connectivity index (χ1) is 10.5. The van der Waals surface area contributed by atoms with Gasteiger partial charge in [-0.05, 0) is 6.92 Å². The molecule has 0 aliphatic carbocycles. The molecule has 0 aromatic carbocycles. The summed E-state index contributed by atoms with van der Waals surface area (Å²) in [4.78, 5) is 13.7. The molecular weight excluding hydrogens is 294 g/mol. The van der Waals surface area contributed by atoms with Crippen molar-refractivity contribution in [3.8, 4) is 11.5 Å². The molecule has 0 saturated heterocycles. The zero-order chi connectivity index (χ0) is 15.7. The summed E-state index contributed by atoms with van der Waals surface area (Å²) >= 11 is 1.75. The minimum Gasteiger partial charge on any atom is -0.337 e. The van der Waals surface area contributed by atoms with E-state index >= 15 is 0 Å². The number of thiazole rings is 1. The lowest BCUT2D eigenvalue weighted by Crippen LogP contribution is -2.03. The van der Waals surface area contributed by atoms with Crippen LogP contribution in [0.15, 0.2) is 24.0 Å². The highest BCUT2D eigenvalue weighted by Gasteiger charge is 2.11. The van der Waals surface area contributed by atoms with E-state index in [1.165, 1.54) is 5.01 Å². The van der Waals surface area contributed by atoms with E-state index in [0.717, 1.165) is 36.0 Å². The molecule has 6 heteroatoms. The largest absolute Gasteiger partial charge is 0.337 e. The van der Waals surface area contributed by atoms with Gasteiger partial charge in [-0.15, -0.1) is 11.3 Å². The standard InChI is InChI=1S/C16H21N5S/c1-11(2)16-19-13(10-22-16)5-7-21-8-6-17-15(21)14-9-20(4)12(3)18-14/h6,8-11H,5,7H2,1-4H3. The van der Waals surface area contributed by atoms with Crippen molar-refractivity contribution in [2.24, 2.45) is 7.05 Å². The highest BCUT2D eigenvalue weighted by Crippen LogP contribution is 2.21. The molecule has 22 heavy (non-hydrogen) atoms. The molecule has 3 aromatic rings. The lowest BCUT2D eigenvalue weighted by Gasteiger charge is -2.04. The Balaban J connectivity index is 1.75. The normalized spacial score (nSPS) is 11.5. The van der Waals surface area contributed by atoms with Crippen molar-refractivity contribution in [2.75, 3.05) is 0 Å². The second kappa shape index (κ2) is 6.04. The van der Waals surface area contributed by atoms with E-state index in [9.17, 15) is 0 Å². The second-order valence-electron chi connectivity index (χ2n) is 5.81. The molecule has 0 bridgehead atoms. The fourth-order valence-electron chi connectivity index (χ4n) is 2.33. The lowest BCUT2D eigenvalue weighted by molar-refractivity contribution is 0.689. The monoisotopic (exact) mass is 315 g/mol. The van der Waals surface area contributed by atoms with Crippen LogP contribution in [0.25, 0.3) is 11.5 Å². The molecule has 0 unspecified atom stereocenters.